The second kappa shape index (κ2) is 4.27. The van der Waals surface area contributed by atoms with Crippen LogP contribution in [0.15, 0.2) is 36.1 Å². The fourth-order valence-corrected chi connectivity index (χ4v) is 1.17. The van der Waals surface area contributed by atoms with Crippen molar-refractivity contribution in [1.82, 2.24) is 0 Å². The van der Waals surface area contributed by atoms with Gasteiger partial charge in [0.25, 0.3) is 0 Å². The van der Waals surface area contributed by atoms with E-state index >= 15 is 0 Å². The third-order valence-corrected chi connectivity index (χ3v) is 1.91. The lowest BCUT2D eigenvalue weighted by atomic mass is 10.2. The average Bonchev–Trinajstić information content (AvgIpc) is 2.03. The lowest BCUT2D eigenvalue weighted by Gasteiger charge is -1.85. The van der Waals surface area contributed by atoms with Gasteiger partial charge in [0.1, 0.15) is 0 Å². The summed E-state index contributed by atoms with van der Waals surface area (Å²) in [6, 6.07) is 9.61. The molecule has 0 amide bonds. The Hall–Kier alpha value is -0.650. The van der Waals surface area contributed by atoms with E-state index in [2.05, 4.69) is 0 Å². The Morgan fingerprint density at radius 3 is 2.45 bits per heavy atom. The summed E-state index contributed by atoms with van der Waals surface area (Å²) in [5.41, 5.74) is 1.01. The molecule has 0 saturated carbocycles. The highest BCUT2D eigenvalue weighted by molar-refractivity contribution is 7.76. The Morgan fingerprint density at radius 2 is 1.91 bits per heavy atom. The van der Waals surface area contributed by atoms with Gasteiger partial charge in [0.05, 0.1) is 0 Å². The summed E-state index contributed by atoms with van der Waals surface area (Å²) in [5.74, 6) is 1.48. The molecule has 0 fully saturated rings. The summed E-state index contributed by atoms with van der Waals surface area (Å²) in [5, 5.41) is 0. The molecule has 1 rings (SSSR count). The van der Waals surface area contributed by atoms with Crippen molar-refractivity contribution < 1.29 is 4.57 Å². The van der Waals surface area contributed by atoms with Gasteiger partial charge in [-0.15, -0.1) is 0 Å². The van der Waals surface area contributed by atoms with Gasteiger partial charge in [0, 0.05) is 0 Å². The zero-order valence-electron chi connectivity index (χ0n) is 5.77. The van der Waals surface area contributed by atoms with Gasteiger partial charge in [-0.25, -0.2) is 0 Å². The van der Waals surface area contributed by atoms with E-state index in [4.69, 9.17) is 11.2 Å². The summed E-state index contributed by atoms with van der Waals surface area (Å²) in [7, 11) is -1.68. The van der Waals surface area contributed by atoms with Crippen molar-refractivity contribution in [2.45, 2.75) is 0 Å². The van der Waals surface area contributed by atoms with Crippen molar-refractivity contribution in [2.75, 3.05) is 0 Å². The van der Waals surface area contributed by atoms with Crippen LogP contribution in [-0.4, -0.2) is 0 Å². The fourth-order valence-electron chi connectivity index (χ4n) is 0.709. The predicted octanol–water partition coefficient (Wildman–Crippen LogP) is 3.64. The molecule has 0 aliphatic carbocycles. The molecule has 3 heteroatoms. The van der Waals surface area contributed by atoms with E-state index in [1.807, 2.05) is 30.3 Å². The molecule has 0 radical (unpaired) electrons. The van der Waals surface area contributed by atoms with Gasteiger partial charge in [0.2, 0.25) is 11.2 Å². The molecule has 1 aromatic carbocycles. The molecular formula is C8H7ClOP+. The lowest BCUT2D eigenvalue weighted by molar-refractivity contribution is 0.600. The smallest absolute Gasteiger partial charge is 0.0622 e. The first-order chi connectivity index (χ1) is 5.29. The maximum absolute atomic E-state index is 10.4. The molecule has 0 bridgehead atoms. The highest BCUT2D eigenvalue weighted by Crippen LogP contribution is 2.28. The van der Waals surface area contributed by atoms with Crippen LogP contribution in [0.1, 0.15) is 5.56 Å². The van der Waals surface area contributed by atoms with E-state index in [-0.39, 0.29) is 0 Å². The van der Waals surface area contributed by atoms with E-state index in [0.29, 0.717) is 0 Å². The van der Waals surface area contributed by atoms with Crippen LogP contribution < -0.4 is 0 Å². The molecule has 1 aromatic rings. The Kier molecular flexibility index (Phi) is 3.28. The number of halogens is 1. The number of benzene rings is 1. The topological polar surface area (TPSA) is 17.1 Å². The highest BCUT2D eigenvalue weighted by Gasteiger charge is 2.01. The molecular weight excluding hydrogens is 179 g/mol. The Balaban J connectivity index is 2.72. The van der Waals surface area contributed by atoms with Gasteiger partial charge < -0.3 is 0 Å². The molecule has 1 unspecified atom stereocenters. The maximum atomic E-state index is 10.4. The fraction of sp³-hybridized carbons (Fsp3) is 0. The van der Waals surface area contributed by atoms with Gasteiger partial charge in [0.15, 0.2) is 5.82 Å². The summed E-state index contributed by atoms with van der Waals surface area (Å²) in [4.78, 5) is 0. The minimum Gasteiger partial charge on any atom is -0.0622 e. The third kappa shape index (κ3) is 3.31. The average molecular weight is 186 g/mol. The summed E-state index contributed by atoms with van der Waals surface area (Å²) in [6.07, 6.45) is 1.74. The van der Waals surface area contributed by atoms with Crippen LogP contribution in [-0.2, 0) is 4.57 Å². The Labute approximate surface area is 71.3 Å². The Morgan fingerprint density at radius 1 is 1.27 bits per heavy atom. The highest BCUT2D eigenvalue weighted by atomic mass is 35.7. The molecule has 0 aromatic heterocycles. The normalized spacial score (nSPS) is 11.9. The molecule has 0 aliphatic heterocycles. The SMILES string of the molecule is O=[P+](Cl)C=Cc1ccccc1. The first-order valence-electron chi connectivity index (χ1n) is 3.14. The van der Waals surface area contributed by atoms with Gasteiger partial charge in [-0.2, -0.15) is 0 Å². The standard InChI is InChI=1S/C8H7ClOP/c9-11(10)7-6-8-4-2-1-3-5-8/h1-7H/q+1. The maximum Gasteiger partial charge on any atom is 0.486 e. The van der Waals surface area contributed by atoms with Crippen molar-refractivity contribution in [1.29, 1.82) is 0 Å². The molecule has 11 heavy (non-hydrogen) atoms. The van der Waals surface area contributed by atoms with E-state index in [1.165, 1.54) is 5.82 Å². The van der Waals surface area contributed by atoms with Crippen molar-refractivity contribution in [2.24, 2.45) is 0 Å². The van der Waals surface area contributed by atoms with Crippen LogP contribution in [0, 0.1) is 0 Å². The van der Waals surface area contributed by atoms with Crippen molar-refractivity contribution in [3.05, 3.63) is 41.7 Å². The number of hydrogen-bond donors (Lipinski definition) is 0. The quantitative estimate of drug-likeness (QED) is 0.643. The zero-order valence-corrected chi connectivity index (χ0v) is 7.43. The molecule has 0 N–H and O–H groups in total. The summed E-state index contributed by atoms with van der Waals surface area (Å²) < 4.78 is 10.4. The first kappa shape index (κ1) is 8.45. The van der Waals surface area contributed by atoms with Crippen molar-refractivity contribution in [3.63, 3.8) is 0 Å². The van der Waals surface area contributed by atoms with Gasteiger partial charge >= 0.3 is 7.15 Å². The van der Waals surface area contributed by atoms with Gasteiger partial charge in [-0.3, -0.25) is 0 Å². The second-order valence-electron chi connectivity index (χ2n) is 2.00. The van der Waals surface area contributed by atoms with Crippen LogP contribution in [0.5, 0.6) is 0 Å². The largest absolute Gasteiger partial charge is 0.486 e. The minimum atomic E-state index is -1.68. The van der Waals surface area contributed by atoms with Crippen LogP contribution in [0.2, 0.25) is 0 Å². The van der Waals surface area contributed by atoms with E-state index in [9.17, 15) is 4.57 Å². The van der Waals surface area contributed by atoms with Crippen molar-refractivity contribution >= 4 is 24.5 Å². The molecule has 1 atom stereocenters. The lowest BCUT2D eigenvalue weighted by Crippen LogP contribution is -1.65. The molecule has 0 aliphatic rings. The van der Waals surface area contributed by atoms with Gasteiger partial charge in [-0.1, -0.05) is 30.3 Å². The van der Waals surface area contributed by atoms with Gasteiger partial charge in [-0.05, 0) is 16.2 Å². The van der Waals surface area contributed by atoms with E-state index < -0.39 is 7.15 Å². The molecule has 1 nitrogen and oxygen atoms in total. The monoisotopic (exact) mass is 185 g/mol. The van der Waals surface area contributed by atoms with E-state index in [0.717, 1.165) is 5.56 Å². The van der Waals surface area contributed by atoms with Crippen LogP contribution in [0.3, 0.4) is 0 Å². The zero-order chi connectivity index (χ0) is 8.10. The predicted molar refractivity (Wildman–Crippen MR) is 48.9 cm³/mol. The third-order valence-electron chi connectivity index (χ3n) is 1.18. The van der Waals surface area contributed by atoms with E-state index in [1.54, 1.807) is 6.08 Å². The molecule has 0 heterocycles. The van der Waals surface area contributed by atoms with Crippen molar-refractivity contribution in [3.8, 4) is 0 Å². The molecule has 0 spiro atoms. The second-order valence-corrected chi connectivity index (χ2v) is 3.84. The minimum absolute atomic E-state index is 1.01. The number of hydrogen-bond acceptors (Lipinski definition) is 1. The summed E-state index contributed by atoms with van der Waals surface area (Å²) >= 11 is 5.25. The van der Waals surface area contributed by atoms with Crippen LogP contribution in [0.4, 0.5) is 0 Å². The number of rotatable bonds is 2. The first-order valence-corrected chi connectivity index (χ1v) is 5.38. The summed E-state index contributed by atoms with van der Waals surface area (Å²) in [6.45, 7) is 0. The van der Waals surface area contributed by atoms with Crippen LogP contribution in [0.25, 0.3) is 6.08 Å². The molecule has 0 saturated heterocycles. The van der Waals surface area contributed by atoms with Crippen LogP contribution >= 0.6 is 18.4 Å². The molecule has 56 valence electrons. The Bertz CT molecular complexity index is 269.